The Bertz CT molecular complexity index is 791. The van der Waals surface area contributed by atoms with Crippen LogP contribution < -0.4 is 0 Å². The minimum Gasteiger partial charge on any atom is -0.443 e. The van der Waals surface area contributed by atoms with Gasteiger partial charge in [0, 0.05) is 0 Å². The van der Waals surface area contributed by atoms with Crippen molar-refractivity contribution in [3.05, 3.63) is 66.2 Å². The van der Waals surface area contributed by atoms with Gasteiger partial charge in [0.1, 0.15) is 6.61 Å². The van der Waals surface area contributed by atoms with Crippen LogP contribution in [0, 0.1) is 5.92 Å². The van der Waals surface area contributed by atoms with Crippen molar-refractivity contribution < 1.29 is 23.2 Å². The average molecular weight is 363 g/mol. The normalized spacial score (nSPS) is 12.6. The molecule has 0 heterocycles. The van der Waals surface area contributed by atoms with E-state index in [1.807, 2.05) is 6.07 Å². The first-order chi connectivity index (χ1) is 11.8. The standard InChI is InChI=1S/C18H21NO5S/c1-14(2)17(25(22,23)16-11-7-4-8-12-16)19(21)18(20)24-13-15-9-5-3-6-10-15/h3-12,14,17,21H,13H2,1-2H3. The lowest BCUT2D eigenvalue weighted by molar-refractivity contribution is -0.0948. The number of amides is 1. The molecule has 2 aromatic rings. The van der Waals surface area contributed by atoms with Gasteiger partial charge in [0.15, 0.2) is 5.37 Å². The van der Waals surface area contributed by atoms with Crippen LogP contribution in [0.15, 0.2) is 65.6 Å². The fraction of sp³-hybridized carbons (Fsp3) is 0.278. The number of sulfone groups is 1. The van der Waals surface area contributed by atoms with Gasteiger partial charge in [-0.25, -0.2) is 13.2 Å². The zero-order valence-electron chi connectivity index (χ0n) is 14.1. The fourth-order valence-electron chi connectivity index (χ4n) is 2.41. The predicted molar refractivity (Wildman–Crippen MR) is 92.5 cm³/mol. The molecule has 0 aliphatic carbocycles. The largest absolute Gasteiger partial charge is 0.443 e. The fourth-order valence-corrected chi connectivity index (χ4v) is 4.29. The molecule has 6 nitrogen and oxygen atoms in total. The SMILES string of the molecule is CC(C)C(N(O)C(=O)OCc1ccccc1)S(=O)(=O)c1ccccc1. The molecule has 1 atom stereocenters. The minimum atomic E-state index is -3.95. The van der Waals surface area contributed by atoms with Gasteiger partial charge in [-0.15, -0.1) is 0 Å². The van der Waals surface area contributed by atoms with E-state index in [4.69, 9.17) is 4.74 Å². The molecular weight excluding hydrogens is 342 g/mol. The number of hydrogen-bond donors (Lipinski definition) is 1. The van der Waals surface area contributed by atoms with Gasteiger partial charge >= 0.3 is 6.09 Å². The summed E-state index contributed by atoms with van der Waals surface area (Å²) in [5, 5.41) is 8.92. The number of carbonyl (C=O) groups excluding carboxylic acids is 1. The summed E-state index contributed by atoms with van der Waals surface area (Å²) in [6, 6.07) is 16.6. The molecule has 0 aliphatic rings. The van der Waals surface area contributed by atoms with Crippen molar-refractivity contribution in [3.8, 4) is 0 Å². The van der Waals surface area contributed by atoms with Crippen LogP contribution in [0.4, 0.5) is 4.79 Å². The summed E-state index contributed by atoms with van der Waals surface area (Å²) in [5.74, 6) is -0.542. The Morgan fingerprint density at radius 1 is 1.04 bits per heavy atom. The van der Waals surface area contributed by atoms with Crippen molar-refractivity contribution in [1.29, 1.82) is 0 Å². The quantitative estimate of drug-likeness (QED) is 0.627. The minimum absolute atomic E-state index is 0.0311. The summed E-state index contributed by atoms with van der Waals surface area (Å²) in [4.78, 5) is 12.2. The molecule has 7 heteroatoms. The van der Waals surface area contributed by atoms with Crippen molar-refractivity contribution in [2.24, 2.45) is 5.92 Å². The van der Waals surface area contributed by atoms with E-state index in [1.165, 1.54) is 12.1 Å². The maximum atomic E-state index is 12.8. The second kappa shape index (κ2) is 8.13. The van der Waals surface area contributed by atoms with Crippen LogP contribution in [0.25, 0.3) is 0 Å². The van der Waals surface area contributed by atoms with Gasteiger partial charge in [-0.1, -0.05) is 62.4 Å². The highest BCUT2D eigenvalue weighted by atomic mass is 32.2. The van der Waals surface area contributed by atoms with E-state index >= 15 is 0 Å². The molecule has 25 heavy (non-hydrogen) atoms. The third-order valence-electron chi connectivity index (χ3n) is 3.59. The van der Waals surface area contributed by atoms with Gasteiger partial charge in [-0.2, -0.15) is 5.06 Å². The number of hydroxylamine groups is 2. The molecular formula is C18H21NO5S. The summed E-state index contributed by atoms with van der Waals surface area (Å²) in [5.41, 5.74) is 0.733. The van der Waals surface area contributed by atoms with Crippen LogP contribution >= 0.6 is 0 Å². The van der Waals surface area contributed by atoms with Crippen molar-refractivity contribution in [1.82, 2.24) is 5.06 Å². The molecule has 2 aromatic carbocycles. The number of hydrogen-bond acceptors (Lipinski definition) is 5. The zero-order chi connectivity index (χ0) is 18.4. The number of nitrogens with zero attached hydrogens (tertiary/aromatic N) is 1. The van der Waals surface area contributed by atoms with Crippen LogP contribution in [0.1, 0.15) is 19.4 Å². The summed E-state index contributed by atoms with van der Waals surface area (Å²) in [7, 11) is -3.95. The summed E-state index contributed by atoms with van der Waals surface area (Å²) < 4.78 is 30.6. The second-order valence-electron chi connectivity index (χ2n) is 5.88. The molecule has 0 saturated carbocycles. The third-order valence-corrected chi connectivity index (χ3v) is 5.90. The van der Waals surface area contributed by atoms with Gasteiger partial charge in [0.05, 0.1) is 4.90 Å². The lowest BCUT2D eigenvalue weighted by Crippen LogP contribution is -2.46. The topological polar surface area (TPSA) is 83.9 Å². The molecule has 134 valence electrons. The maximum absolute atomic E-state index is 12.8. The highest BCUT2D eigenvalue weighted by Gasteiger charge is 2.38. The summed E-state index contributed by atoms with van der Waals surface area (Å²) in [6.45, 7) is 3.16. The lowest BCUT2D eigenvalue weighted by Gasteiger charge is -2.28. The van der Waals surface area contributed by atoms with Crippen molar-refractivity contribution in [2.45, 2.75) is 30.7 Å². The van der Waals surface area contributed by atoms with Gasteiger partial charge in [-0.3, -0.25) is 5.21 Å². The van der Waals surface area contributed by atoms with E-state index in [0.29, 0.717) is 0 Å². The molecule has 0 bridgehead atoms. The third kappa shape index (κ3) is 4.58. The van der Waals surface area contributed by atoms with E-state index in [-0.39, 0.29) is 16.6 Å². The van der Waals surface area contributed by atoms with E-state index in [0.717, 1.165) is 5.56 Å². The highest BCUT2D eigenvalue weighted by molar-refractivity contribution is 7.92. The van der Waals surface area contributed by atoms with Gasteiger partial charge in [-0.05, 0) is 23.6 Å². The zero-order valence-corrected chi connectivity index (χ0v) is 14.9. The molecule has 0 saturated heterocycles. The first kappa shape index (κ1) is 19.0. The van der Waals surface area contributed by atoms with E-state index in [1.54, 1.807) is 56.3 Å². The molecule has 0 fully saturated rings. The maximum Gasteiger partial charge on any atom is 0.435 e. The van der Waals surface area contributed by atoms with Crippen molar-refractivity contribution in [3.63, 3.8) is 0 Å². The van der Waals surface area contributed by atoms with Crippen LogP contribution in [-0.4, -0.2) is 30.2 Å². The molecule has 0 aliphatic heterocycles. The highest BCUT2D eigenvalue weighted by Crippen LogP contribution is 2.24. The predicted octanol–water partition coefficient (Wildman–Crippen LogP) is 3.47. The second-order valence-corrected chi connectivity index (χ2v) is 7.92. The Balaban J connectivity index is 2.17. The van der Waals surface area contributed by atoms with Crippen LogP contribution in [0.2, 0.25) is 0 Å². The smallest absolute Gasteiger partial charge is 0.435 e. The Morgan fingerprint density at radius 2 is 1.56 bits per heavy atom. The first-order valence-corrected chi connectivity index (χ1v) is 9.36. The molecule has 2 rings (SSSR count). The van der Waals surface area contributed by atoms with Crippen LogP contribution in [0.5, 0.6) is 0 Å². The molecule has 1 amide bonds. The average Bonchev–Trinajstić information content (AvgIpc) is 2.60. The molecule has 0 radical (unpaired) electrons. The molecule has 1 unspecified atom stereocenters. The number of benzene rings is 2. The van der Waals surface area contributed by atoms with E-state index in [9.17, 15) is 18.4 Å². The van der Waals surface area contributed by atoms with Gasteiger partial charge < -0.3 is 4.74 Å². The summed E-state index contributed by atoms with van der Waals surface area (Å²) >= 11 is 0. The van der Waals surface area contributed by atoms with Gasteiger partial charge in [0.2, 0.25) is 9.84 Å². The number of carbonyl (C=O) groups is 1. The lowest BCUT2D eigenvalue weighted by atomic mass is 10.2. The molecule has 1 N–H and O–H groups in total. The number of rotatable bonds is 6. The van der Waals surface area contributed by atoms with E-state index < -0.39 is 27.2 Å². The Labute approximate surface area is 147 Å². The Kier molecular flexibility index (Phi) is 6.17. The number of ether oxygens (including phenoxy) is 1. The molecule has 0 aromatic heterocycles. The Morgan fingerprint density at radius 3 is 2.08 bits per heavy atom. The van der Waals surface area contributed by atoms with Crippen molar-refractivity contribution >= 4 is 15.9 Å². The first-order valence-electron chi connectivity index (χ1n) is 7.81. The molecule has 0 spiro atoms. The Hall–Kier alpha value is -2.38. The van der Waals surface area contributed by atoms with Crippen LogP contribution in [-0.2, 0) is 21.2 Å². The summed E-state index contributed by atoms with van der Waals surface area (Å²) in [6.07, 6.45) is -1.11. The van der Waals surface area contributed by atoms with Crippen LogP contribution in [0.3, 0.4) is 0 Å². The van der Waals surface area contributed by atoms with Crippen molar-refractivity contribution in [2.75, 3.05) is 0 Å². The van der Waals surface area contributed by atoms with E-state index in [2.05, 4.69) is 0 Å². The van der Waals surface area contributed by atoms with Gasteiger partial charge in [0.25, 0.3) is 0 Å². The monoisotopic (exact) mass is 363 g/mol.